The summed E-state index contributed by atoms with van der Waals surface area (Å²) in [4.78, 5) is 31.4. The van der Waals surface area contributed by atoms with Crippen molar-refractivity contribution < 1.29 is 9.59 Å². The van der Waals surface area contributed by atoms with Crippen LogP contribution in [-0.4, -0.2) is 27.5 Å². The van der Waals surface area contributed by atoms with Crippen molar-refractivity contribution in [3.05, 3.63) is 35.6 Å². The van der Waals surface area contributed by atoms with Crippen LogP contribution in [0.4, 0.5) is 0 Å². The van der Waals surface area contributed by atoms with E-state index in [0.29, 0.717) is 18.7 Å². The van der Waals surface area contributed by atoms with E-state index in [9.17, 15) is 9.59 Å². The van der Waals surface area contributed by atoms with Gasteiger partial charge in [-0.3, -0.25) is 14.6 Å². The monoisotopic (exact) mass is 315 g/mol. The Labute approximate surface area is 130 Å². The van der Waals surface area contributed by atoms with E-state index in [2.05, 4.69) is 25.8 Å². The van der Waals surface area contributed by atoms with Crippen LogP contribution >= 0.6 is 11.3 Å². The smallest absolute Gasteiger partial charge is 0.267 e. The highest BCUT2D eigenvalue weighted by molar-refractivity contribution is 7.13. The summed E-state index contributed by atoms with van der Waals surface area (Å²) < 4.78 is 0. The van der Waals surface area contributed by atoms with Gasteiger partial charge in [-0.25, -0.2) is 10.4 Å². The molecule has 0 fully saturated rings. The van der Waals surface area contributed by atoms with Gasteiger partial charge in [-0.15, -0.1) is 11.3 Å². The Morgan fingerprint density at radius 2 is 2.14 bits per heavy atom. The molecule has 1 aliphatic heterocycles. The lowest BCUT2D eigenvalue weighted by atomic mass is 10.1. The van der Waals surface area contributed by atoms with Crippen LogP contribution in [0.1, 0.15) is 18.5 Å². The second-order valence-electron chi connectivity index (χ2n) is 4.66. The first kappa shape index (κ1) is 14.3. The summed E-state index contributed by atoms with van der Waals surface area (Å²) in [6.45, 7) is 0.327. The summed E-state index contributed by atoms with van der Waals surface area (Å²) in [6.07, 6.45) is 4.08. The largest absolute Gasteiger partial charge is 0.345 e. The lowest BCUT2D eigenvalue weighted by molar-refractivity contribution is -0.121. The molecule has 0 aromatic carbocycles. The second kappa shape index (κ2) is 6.44. The first-order valence-corrected chi connectivity index (χ1v) is 7.59. The first-order chi connectivity index (χ1) is 10.7. The minimum absolute atomic E-state index is 0.168. The Kier molecular flexibility index (Phi) is 4.19. The van der Waals surface area contributed by atoms with Gasteiger partial charge in [0.2, 0.25) is 5.91 Å². The van der Waals surface area contributed by atoms with E-state index < -0.39 is 0 Å². The highest BCUT2D eigenvalue weighted by atomic mass is 32.1. The highest BCUT2D eigenvalue weighted by Crippen LogP contribution is 2.22. The summed E-state index contributed by atoms with van der Waals surface area (Å²) >= 11 is 1.51. The molecule has 2 aromatic heterocycles. The average Bonchev–Trinajstić information content (AvgIpc) is 3.03. The van der Waals surface area contributed by atoms with Crippen LogP contribution < -0.4 is 10.7 Å². The van der Waals surface area contributed by atoms with Crippen molar-refractivity contribution in [1.29, 1.82) is 0 Å². The minimum atomic E-state index is -0.279. The van der Waals surface area contributed by atoms with Gasteiger partial charge in [0.05, 0.1) is 12.2 Å². The second-order valence-corrected chi connectivity index (χ2v) is 5.51. The average molecular weight is 315 g/mol. The maximum Gasteiger partial charge on any atom is 0.267 e. The quantitative estimate of drug-likeness (QED) is 0.882. The lowest BCUT2D eigenvalue weighted by Crippen LogP contribution is -2.36. The van der Waals surface area contributed by atoms with Crippen molar-refractivity contribution >= 4 is 28.9 Å². The molecule has 2 aromatic rings. The molecule has 0 radical (unpaired) electrons. The number of hydrogen-bond acceptors (Lipinski definition) is 6. The van der Waals surface area contributed by atoms with Crippen molar-refractivity contribution in [3.8, 4) is 10.6 Å². The number of nitrogens with one attached hydrogen (secondary N) is 2. The van der Waals surface area contributed by atoms with Gasteiger partial charge in [-0.1, -0.05) is 0 Å². The topological polar surface area (TPSA) is 96.3 Å². The zero-order valence-corrected chi connectivity index (χ0v) is 12.4. The maximum absolute atomic E-state index is 11.9. The summed E-state index contributed by atoms with van der Waals surface area (Å²) in [5.74, 6) is -0.448. The molecule has 1 aliphatic rings. The normalized spacial score (nSPS) is 14.2. The third-order valence-corrected chi connectivity index (χ3v) is 4.02. The molecule has 0 unspecified atom stereocenters. The number of nitrogens with zero attached hydrogens (tertiary/aromatic N) is 3. The van der Waals surface area contributed by atoms with Gasteiger partial charge >= 0.3 is 0 Å². The van der Waals surface area contributed by atoms with Crippen LogP contribution in [0.5, 0.6) is 0 Å². The Morgan fingerprint density at radius 3 is 2.86 bits per heavy atom. The van der Waals surface area contributed by atoms with E-state index in [1.54, 1.807) is 12.4 Å². The van der Waals surface area contributed by atoms with Crippen LogP contribution in [0.15, 0.2) is 35.0 Å². The maximum atomic E-state index is 11.9. The molecule has 3 heterocycles. The Balaban J connectivity index is 1.59. The SMILES string of the molecule is O=C1CCC(C(=O)NCc2csc(-c3ccncc3)n2)=NN1. The van der Waals surface area contributed by atoms with E-state index >= 15 is 0 Å². The summed E-state index contributed by atoms with van der Waals surface area (Å²) in [6, 6.07) is 3.78. The zero-order valence-electron chi connectivity index (χ0n) is 11.6. The number of rotatable bonds is 4. The minimum Gasteiger partial charge on any atom is -0.345 e. The van der Waals surface area contributed by atoms with Crippen molar-refractivity contribution in [2.75, 3.05) is 0 Å². The van der Waals surface area contributed by atoms with Gasteiger partial charge in [0, 0.05) is 36.2 Å². The van der Waals surface area contributed by atoms with E-state index in [0.717, 1.165) is 16.3 Å². The van der Waals surface area contributed by atoms with Crippen molar-refractivity contribution in [2.24, 2.45) is 5.10 Å². The van der Waals surface area contributed by atoms with Crippen LogP contribution in [0.2, 0.25) is 0 Å². The molecular weight excluding hydrogens is 302 g/mol. The zero-order chi connectivity index (χ0) is 15.4. The lowest BCUT2D eigenvalue weighted by Gasteiger charge is -2.11. The molecule has 0 bridgehead atoms. The van der Waals surface area contributed by atoms with Gasteiger partial charge in [-0.05, 0) is 12.1 Å². The fourth-order valence-electron chi connectivity index (χ4n) is 1.93. The molecule has 2 amide bonds. The molecule has 8 heteroatoms. The molecule has 22 heavy (non-hydrogen) atoms. The molecule has 3 rings (SSSR count). The van der Waals surface area contributed by atoms with Crippen molar-refractivity contribution in [2.45, 2.75) is 19.4 Å². The summed E-state index contributed by atoms with van der Waals surface area (Å²) in [5, 5.41) is 9.30. The number of carbonyl (C=O) groups is 2. The first-order valence-electron chi connectivity index (χ1n) is 6.71. The van der Waals surface area contributed by atoms with Crippen LogP contribution in [0, 0.1) is 0 Å². The van der Waals surface area contributed by atoms with E-state index in [1.165, 1.54) is 11.3 Å². The Hall–Kier alpha value is -2.61. The Bertz CT molecular complexity index is 726. The fourth-order valence-corrected chi connectivity index (χ4v) is 2.75. The molecule has 0 saturated heterocycles. The van der Waals surface area contributed by atoms with Crippen molar-refractivity contribution in [3.63, 3.8) is 0 Å². The van der Waals surface area contributed by atoms with Crippen LogP contribution in [0.25, 0.3) is 10.6 Å². The molecule has 0 saturated carbocycles. The van der Waals surface area contributed by atoms with Crippen molar-refractivity contribution in [1.82, 2.24) is 20.7 Å². The number of hydrazone groups is 1. The molecule has 0 spiro atoms. The third-order valence-electron chi connectivity index (χ3n) is 3.08. The van der Waals surface area contributed by atoms with Gasteiger partial charge < -0.3 is 5.32 Å². The molecule has 7 nitrogen and oxygen atoms in total. The highest BCUT2D eigenvalue weighted by Gasteiger charge is 2.18. The number of thiazole rings is 1. The van der Waals surface area contributed by atoms with Gasteiger partial charge in [0.25, 0.3) is 5.91 Å². The standard InChI is InChI=1S/C14H13N5O2S/c20-12-2-1-11(18-19-12)13(21)16-7-10-8-22-14(17-10)9-3-5-15-6-4-9/h3-6,8H,1-2,7H2,(H,16,21)(H,19,20). The Morgan fingerprint density at radius 1 is 1.32 bits per heavy atom. The number of pyridine rings is 1. The molecular formula is C14H13N5O2S. The van der Waals surface area contributed by atoms with Gasteiger partial charge in [-0.2, -0.15) is 5.10 Å². The number of aromatic nitrogens is 2. The molecule has 0 aliphatic carbocycles. The molecule has 2 N–H and O–H groups in total. The van der Waals surface area contributed by atoms with E-state index in [1.807, 2.05) is 17.5 Å². The van der Waals surface area contributed by atoms with E-state index in [4.69, 9.17) is 0 Å². The number of amides is 2. The van der Waals surface area contributed by atoms with Crippen LogP contribution in [0.3, 0.4) is 0 Å². The van der Waals surface area contributed by atoms with E-state index in [-0.39, 0.29) is 18.2 Å². The number of carbonyl (C=O) groups excluding carboxylic acids is 2. The third kappa shape index (κ3) is 3.34. The number of hydrogen-bond donors (Lipinski definition) is 2. The molecule has 112 valence electrons. The fraction of sp³-hybridized carbons (Fsp3) is 0.214. The molecule has 0 atom stereocenters. The van der Waals surface area contributed by atoms with Gasteiger partial charge in [0.1, 0.15) is 10.7 Å². The van der Waals surface area contributed by atoms with Gasteiger partial charge in [0.15, 0.2) is 0 Å². The predicted octanol–water partition coefficient (Wildman–Crippen LogP) is 1.09. The summed E-state index contributed by atoms with van der Waals surface area (Å²) in [5.41, 5.74) is 4.42. The summed E-state index contributed by atoms with van der Waals surface area (Å²) in [7, 11) is 0. The van der Waals surface area contributed by atoms with Crippen LogP contribution in [-0.2, 0) is 16.1 Å². The predicted molar refractivity (Wildman–Crippen MR) is 82.0 cm³/mol.